The van der Waals surface area contributed by atoms with E-state index in [1.165, 1.54) is 39.9 Å². The number of nitrogens with zero attached hydrogens (tertiary/aromatic N) is 3. The van der Waals surface area contributed by atoms with Crippen molar-refractivity contribution in [2.75, 3.05) is 7.05 Å². The normalized spacial score (nSPS) is 12.4. The molecule has 174 valence electrons. The first kappa shape index (κ1) is 23.8. The second-order valence-electron chi connectivity index (χ2n) is 7.89. The molecular formula is C26H25N3O3S2. The number of carbonyl (C=O) groups is 1. The van der Waals surface area contributed by atoms with Crippen molar-refractivity contribution in [3.63, 3.8) is 0 Å². The number of thiazole rings is 1. The lowest BCUT2D eigenvalue weighted by molar-refractivity contribution is 0.0997. The van der Waals surface area contributed by atoms with E-state index in [1.807, 2.05) is 60.0 Å². The highest BCUT2D eigenvalue weighted by atomic mass is 32.2. The number of carbonyl (C=O) groups excluding carboxylic acids is 1. The number of aryl methyl sites for hydroxylation is 1. The summed E-state index contributed by atoms with van der Waals surface area (Å²) in [4.78, 5) is 18.0. The van der Waals surface area contributed by atoms with E-state index >= 15 is 0 Å². The molecular weight excluding hydrogens is 466 g/mol. The highest BCUT2D eigenvalue weighted by molar-refractivity contribution is 7.89. The summed E-state index contributed by atoms with van der Waals surface area (Å²) < 4.78 is 30.2. The molecule has 4 rings (SSSR count). The molecule has 3 aromatic carbocycles. The number of hydrogen-bond acceptors (Lipinski definition) is 4. The fourth-order valence-electron chi connectivity index (χ4n) is 3.72. The van der Waals surface area contributed by atoms with E-state index in [-0.39, 0.29) is 11.4 Å². The van der Waals surface area contributed by atoms with Crippen LogP contribution in [0.1, 0.15) is 21.5 Å². The Balaban J connectivity index is 1.62. The fourth-order valence-corrected chi connectivity index (χ4v) is 5.99. The zero-order valence-electron chi connectivity index (χ0n) is 19.0. The van der Waals surface area contributed by atoms with Crippen LogP contribution in [0.15, 0.2) is 95.3 Å². The predicted octanol–water partition coefficient (Wildman–Crippen LogP) is 4.76. The molecule has 0 saturated carbocycles. The highest BCUT2D eigenvalue weighted by Gasteiger charge is 2.21. The molecule has 1 aromatic heterocycles. The molecule has 8 heteroatoms. The number of allylic oxidation sites excluding steroid dienone is 1. The number of fused-ring (bicyclic) bond motifs is 1. The third-order valence-electron chi connectivity index (χ3n) is 5.47. The van der Waals surface area contributed by atoms with Crippen molar-refractivity contribution in [1.29, 1.82) is 0 Å². The van der Waals surface area contributed by atoms with Crippen LogP contribution >= 0.6 is 11.3 Å². The van der Waals surface area contributed by atoms with Gasteiger partial charge in [0.25, 0.3) is 5.91 Å². The first-order valence-electron chi connectivity index (χ1n) is 10.7. The van der Waals surface area contributed by atoms with Crippen molar-refractivity contribution in [3.8, 4) is 0 Å². The van der Waals surface area contributed by atoms with Gasteiger partial charge in [-0.2, -0.15) is 9.30 Å². The van der Waals surface area contributed by atoms with Gasteiger partial charge in [0.1, 0.15) is 0 Å². The summed E-state index contributed by atoms with van der Waals surface area (Å²) in [7, 11) is -2.16. The molecule has 1 amide bonds. The Morgan fingerprint density at radius 3 is 2.44 bits per heavy atom. The maximum Gasteiger partial charge on any atom is 0.279 e. The van der Waals surface area contributed by atoms with E-state index in [0.717, 1.165) is 21.3 Å². The molecule has 0 saturated heterocycles. The van der Waals surface area contributed by atoms with Gasteiger partial charge in [-0.3, -0.25) is 4.79 Å². The van der Waals surface area contributed by atoms with Gasteiger partial charge in [0.05, 0.1) is 15.1 Å². The Morgan fingerprint density at radius 2 is 1.76 bits per heavy atom. The standard InChI is InChI=1S/C26H25N3O3S2/c1-4-17-29-24-19(2)9-8-12-23(24)33-26(29)27-25(30)21-13-15-22(16-14-21)34(31,32)28(3)18-20-10-6-5-7-11-20/h4-16H,1,17-18H2,2-3H3. The fraction of sp³-hybridized carbons (Fsp3) is 0.154. The highest BCUT2D eigenvalue weighted by Crippen LogP contribution is 2.21. The van der Waals surface area contributed by atoms with Crippen LogP contribution in [-0.4, -0.2) is 30.2 Å². The Labute approximate surface area is 203 Å². The van der Waals surface area contributed by atoms with E-state index in [4.69, 9.17) is 0 Å². The van der Waals surface area contributed by atoms with E-state index in [2.05, 4.69) is 11.6 Å². The van der Waals surface area contributed by atoms with Crippen LogP contribution in [0.3, 0.4) is 0 Å². The monoisotopic (exact) mass is 491 g/mol. The van der Waals surface area contributed by atoms with Gasteiger partial charge in [0, 0.05) is 25.7 Å². The molecule has 1 heterocycles. The molecule has 0 spiro atoms. The third-order valence-corrected chi connectivity index (χ3v) is 8.33. The van der Waals surface area contributed by atoms with Crippen LogP contribution in [0.2, 0.25) is 0 Å². The van der Waals surface area contributed by atoms with Crippen LogP contribution in [0, 0.1) is 6.92 Å². The molecule has 0 aliphatic carbocycles. The summed E-state index contributed by atoms with van der Waals surface area (Å²) in [6.07, 6.45) is 1.77. The van der Waals surface area contributed by atoms with E-state index in [1.54, 1.807) is 13.1 Å². The second-order valence-corrected chi connectivity index (χ2v) is 10.9. The topological polar surface area (TPSA) is 71.7 Å². The van der Waals surface area contributed by atoms with Gasteiger partial charge >= 0.3 is 0 Å². The Morgan fingerprint density at radius 1 is 1.06 bits per heavy atom. The summed E-state index contributed by atoms with van der Waals surface area (Å²) in [5.74, 6) is -0.427. The minimum Gasteiger partial charge on any atom is -0.312 e. The maximum absolute atomic E-state index is 13.0. The van der Waals surface area contributed by atoms with Crippen molar-refractivity contribution in [2.45, 2.75) is 24.9 Å². The van der Waals surface area contributed by atoms with Crippen molar-refractivity contribution in [3.05, 3.63) is 107 Å². The Kier molecular flexibility index (Phi) is 6.92. The van der Waals surface area contributed by atoms with Gasteiger partial charge in [0.15, 0.2) is 4.80 Å². The molecule has 0 radical (unpaired) electrons. The predicted molar refractivity (Wildman–Crippen MR) is 136 cm³/mol. The van der Waals surface area contributed by atoms with Crippen LogP contribution in [0.5, 0.6) is 0 Å². The van der Waals surface area contributed by atoms with Gasteiger partial charge in [-0.25, -0.2) is 8.42 Å². The number of sulfonamides is 1. The molecule has 0 aliphatic heterocycles. The second kappa shape index (κ2) is 9.89. The SMILES string of the molecule is C=CCn1c(=NC(=O)c2ccc(S(=O)(=O)N(C)Cc3ccccc3)cc2)sc2cccc(C)c21. The number of amides is 1. The molecule has 0 atom stereocenters. The minimum absolute atomic E-state index is 0.127. The quantitative estimate of drug-likeness (QED) is 0.350. The van der Waals surface area contributed by atoms with Crippen LogP contribution in [0.25, 0.3) is 10.2 Å². The zero-order chi connectivity index (χ0) is 24.3. The first-order valence-corrected chi connectivity index (χ1v) is 13.0. The van der Waals surface area contributed by atoms with Crippen molar-refractivity contribution in [2.24, 2.45) is 4.99 Å². The number of aromatic nitrogens is 1. The van der Waals surface area contributed by atoms with E-state index in [9.17, 15) is 13.2 Å². The largest absolute Gasteiger partial charge is 0.312 e. The number of para-hydroxylation sites is 1. The van der Waals surface area contributed by atoms with Gasteiger partial charge in [-0.05, 0) is 48.4 Å². The van der Waals surface area contributed by atoms with Gasteiger partial charge in [-0.1, -0.05) is 59.9 Å². The molecule has 0 fully saturated rings. The summed E-state index contributed by atoms with van der Waals surface area (Å²) in [5, 5.41) is 0. The van der Waals surface area contributed by atoms with Crippen molar-refractivity contribution in [1.82, 2.24) is 8.87 Å². The lowest BCUT2D eigenvalue weighted by Crippen LogP contribution is -2.26. The maximum atomic E-state index is 13.0. The van der Waals surface area contributed by atoms with Crippen LogP contribution < -0.4 is 4.80 Å². The number of hydrogen-bond donors (Lipinski definition) is 0. The van der Waals surface area contributed by atoms with E-state index < -0.39 is 15.9 Å². The van der Waals surface area contributed by atoms with Gasteiger partial charge in [0.2, 0.25) is 10.0 Å². The van der Waals surface area contributed by atoms with Gasteiger partial charge in [-0.15, -0.1) is 6.58 Å². The lowest BCUT2D eigenvalue weighted by Gasteiger charge is -2.17. The summed E-state index contributed by atoms with van der Waals surface area (Å²) in [6, 6.07) is 21.3. The van der Waals surface area contributed by atoms with Gasteiger partial charge < -0.3 is 4.57 Å². The molecule has 4 aromatic rings. The summed E-state index contributed by atoms with van der Waals surface area (Å²) in [6.45, 7) is 6.63. The lowest BCUT2D eigenvalue weighted by atomic mass is 10.2. The summed E-state index contributed by atoms with van der Waals surface area (Å²) in [5.41, 5.74) is 3.34. The van der Waals surface area contributed by atoms with E-state index in [0.29, 0.717) is 16.9 Å². The molecule has 0 bridgehead atoms. The molecule has 34 heavy (non-hydrogen) atoms. The minimum atomic E-state index is -3.70. The van der Waals surface area contributed by atoms with Crippen molar-refractivity contribution >= 4 is 37.5 Å². The molecule has 0 N–H and O–H groups in total. The Bertz CT molecular complexity index is 1520. The molecule has 0 aliphatic rings. The third kappa shape index (κ3) is 4.79. The number of rotatable bonds is 7. The molecule has 6 nitrogen and oxygen atoms in total. The number of benzene rings is 3. The van der Waals surface area contributed by atoms with Crippen molar-refractivity contribution < 1.29 is 13.2 Å². The van der Waals surface area contributed by atoms with Crippen LogP contribution in [-0.2, 0) is 23.1 Å². The first-order chi connectivity index (χ1) is 16.3. The smallest absolute Gasteiger partial charge is 0.279 e. The average Bonchev–Trinajstić information content (AvgIpc) is 3.18. The Hall–Kier alpha value is -3.33. The molecule has 0 unspecified atom stereocenters. The summed E-state index contributed by atoms with van der Waals surface area (Å²) >= 11 is 1.44. The zero-order valence-corrected chi connectivity index (χ0v) is 20.6. The van der Waals surface area contributed by atoms with Crippen LogP contribution in [0.4, 0.5) is 0 Å². The average molecular weight is 492 g/mol.